The summed E-state index contributed by atoms with van der Waals surface area (Å²) in [7, 11) is -3.58. The van der Waals surface area contributed by atoms with Gasteiger partial charge in [-0.3, -0.25) is 0 Å². The minimum Gasteiger partial charge on any atom is -0.313 e. The number of sulfonamides is 1. The third kappa shape index (κ3) is 4.30. The number of thiophene rings is 1. The quantitative estimate of drug-likeness (QED) is 0.617. The lowest BCUT2D eigenvalue weighted by Gasteiger charge is -2.09. The second kappa shape index (κ2) is 7.07. The van der Waals surface area contributed by atoms with Crippen LogP contribution in [0.15, 0.2) is 15.7 Å². The summed E-state index contributed by atoms with van der Waals surface area (Å²) < 4.78 is 27.4. The molecule has 2 aromatic heterocycles. The molecule has 3 N–H and O–H groups in total. The molecule has 10 heteroatoms. The molecule has 1 atom stereocenters. The second-order valence-electron chi connectivity index (χ2n) is 4.56. The van der Waals surface area contributed by atoms with E-state index < -0.39 is 16.1 Å². The fraction of sp³-hybridized carbons (Fsp3) is 0.545. The predicted molar refractivity (Wildman–Crippen MR) is 79.2 cm³/mol. The topological polar surface area (TPSA) is 113 Å². The minimum atomic E-state index is -3.58. The number of tetrazole rings is 1. The van der Waals surface area contributed by atoms with E-state index in [0.29, 0.717) is 12.4 Å². The fourth-order valence-electron chi connectivity index (χ4n) is 1.69. The Bertz CT molecular complexity index is 652. The lowest BCUT2D eigenvalue weighted by atomic mass is 10.3. The molecule has 0 aliphatic rings. The van der Waals surface area contributed by atoms with Crippen LogP contribution in [0.5, 0.6) is 0 Å². The largest absolute Gasteiger partial charge is 0.313 e. The Labute approximate surface area is 127 Å². The molecule has 2 heterocycles. The number of aromatic amines is 1. The van der Waals surface area contributed by atoms with Gasteiger partial charge in [-0.1, -0.05) is 12.1 Å². The summed E-state index contributed by atoms with van der Waals surface area (Å²) in [5, 5.41) is 18.3. The lowest BCUT2D eigenvalue weighted by molar-refractivity contribution is 0.562. The van der Waals surface area contributed by atoms with Crippen molar-refractivity contribution in [3.05, 3.63) is 22.8 Å². The van der Waals surface area contributed by atoms with E-state index in [1.54, 1.807) is 13.0 Å². The third-order valence-electron chi connectivity index (χ3n) is 2.73. The Morgan fingerprint density at radius 1 is 1.48 bits per heavy atom. The number of hydrogen-bond donors (Lipinski definition) is 3. The normalized spacial score (nSPS) is 13.4. The number of aromatic nitrogens is 4. The first-order valence-electron chi connectivity index (χ1n) is 6.56. The summed E-state index contributed by atoms with van der Waals surface area (Å²) in [6.07, 6.45) is 1.04. The van der Waals surface area contributed by atoms with E-state index in [1.165, 1.54) is 11.3 Å². The maximum absolute atomic E-state index is 12.3. The van der Waals surface area contributed by atoms with E-state index in [-0.39, 0.29) is 4.21 Å². The van der Waals surface area contributed by atoms with Gasteiger partial charge < -0.3 is 5.32 Å². The van der Waals surface area contributed by atoms with E-state index in [9.17, 15) is 8.42 Å². The zero-order chi connectivity index (χ0) is 15.3. The molecule has 0 aromatic carbocycles. The number of nitrogens with one attached hydrogen (secondary N) is 3. The van der Waals surface area contributed by atoms with Crippen LogP contribution >= 0.6 is 11.3 Å². The summed E-state index contributed by atoms with van der Waals surface area (Å²) in [4.78, 5) is 0. The van der Waals surface area contributed by atoms with Gasteiger partial charge in [-0.2, -0.15) is 9.94 Å². The average Bonchev–Trinajstić information content (AvgIpc) is 3.10. The van der Waals surface area contributed by atoms with Crippen LogP contribution in [0.2, 0.25) is 0 Å². The monoisotopic (exact) mass is 330 g/mol. The molecule has 0 saturated heterocycles. The standard InChI is InChI=1S/C11H18N6O2S2/c1-3-4-12-6-9-5-10(20-7-9)21(18,19)15-8(2)11-13-16-17-14-11/h5,7-8,12,15H,3-4,6H2,1-2H3,(H,13,14,16,17). The van der Waals surface area contributed by atoms with Gasteiger partial charge in [-0.05, 0) is 36.9 Å². The van der Waals surface area contributed by atoms with Crippen LogP contribution in [-0.2, 0) is 16.6 Å². The molecule has 0 spiro atoms. The molecule has 21 heavy (non-hydrogen) atoms. The smallest absolute Gasteiger partial charge is 0.250 e. The van der Waals surface area contributed by atoms with Crippen molar-refractivity contribution < 1.29 is 8.42 Å². The molecule has 0 saturated carbocycles. The van der Waals surface area contributed by atoms with Crippen molar-refractivity contribution in [2.75, 3.05) is 6.54 Å². The Morgan fingerprint density at radius 2 is 2.29 bits per heavy atom. The van der Waals surface area contributed by atoms with Crippen molar-refractivity contribution in [2.45, 2.75) is 37.1 Å². The average molecular weight is 330 g/mol. The molecule has 2 aromatic rings. The first kappa shape index (κ1) is 16.0. The highest BCUT2D eigenvalue weighted by molar-refractivity contribution is 7.91. The second-order valence-corrected chi connectivity index (χ2v) is 7.42. The molecule has 0 amide bonds. The van der Waals surface area contributed by atoms with Gasteiger partial charge in [-0.25, -0.2) is 8.42 Å². The van der Waals surface area contributed by atoms with Crippen LogP contribution in [0, 0.1) is 0 Å². The molecular formula is C11H18N6O2S2. The summed E-state index contributed by atoms with van der Waals surface area (Å²) in [5.41, 5.74) is 0.959. The van der Waals surface area contributed by atoms with Crippen molar-refractivity contribution >= 4 is 21.4 Å². The molecule has 0 radical (unpaired) electrons. The molecular weight excluding hydrogens is 312 g/mol. The third-order valence-corrected chi connectivity index (χ3v) is 5.76. The van der Waals surface area contributed by atoms with Crippen LogP contribution in [0.4, 0.5) is 0 Å². The van der Waals surface area contributed by atoms with Crippen LogP contribution in [-0.4, -0.2) is 35.6 Å². The fourth-order valence-corrected chi connectivity index (χ4v) is 4.12. The van der Waals surface area contributed by atoms with Gasteiger partial charge >= 0.3 is 0 Å². The minimum absolute atomic E-state index is 0.283. The molecule has 116 valence electrons. The number of nitrogens with zero attached hydrogens (tertiary/aromatic N) is 3. The zero-order valence-electron chi connectivity index (χ0n) is 11.8. The summed E-state index contributed by atoms with van der Waals surface area (Å²) in [5.74, 6) is 0.306. The van der Waals surface area contributed by atoms with Gasteiger partial charge in [0.05, 0.1) is 6.04 Å². The molecule has 0 aliphatic carbocycles. The number of H-pyrrole nitrogens is 1. The van der Waals surface area contributed by atoms with Gasteiger partial charge in [0.2, 0.25) is 0 Å². The van der Waals surface area contributed by atoms with Crippen molar-refractivity contribution in [3.63, 3.8) is 0 Å². The Kier molecular flexibility index (Phi) is 5.39. The summed E-state index contributed by atoms with van der Waals surface area (Å²) in [6, 6.07) is 1.14. The maximum Gasteiger partial charge on any atom is 0.250 e. The van der Waals surface area contributed by atoms with Crippen LogP contribution in [0.3, 0.4) is 0 Å². The lowest BCUT2D eigenvalue weighted by Crippen LogP contribution is -2.27. The highest BCUT2D eigenvalue weighted by atomic mass is 32.2. The van der Waals surface area contributed by atoms with E-state index in [0.717, 1.165) is 18.5 Å². The summed E-state index contributed by atoms with van der Waals surface area (Å²) in [6.45, 7) is 5.32. The van der Waals surface area contributed by atoms with Crippen LogP contribution in [0.25, 0.3) is 0 Å². The van der Waals surface area contributed by atoms with Gasteiger partial charge in [-0.15, -0.1) is 21.5 Å². The highest BCUT2D eigenvalue weighted by Crippen LogP contribution is 2.21. The highest BCUT2D eigenvalue weighted by Gasteiger charge is 2.22. The summed E-state index contributed by atoms with van der Waals surface area (Å²) >= 11 is 1.20. The first-order valence-corrected chi connectivity index (χ1v) is 8.93. The van der Waals surface area contributed by atoms with E-state index in [1.807, 2.05) is 5.38 Å². The predicted octanol–water partition coefficient (Wildman–Crippen LogP) is 0.800. The molecule has 8 nitrogen and oxygen atoms in total. The van der Waals surface area contributed by atoms with Crippen LogP contribution < -0.4 is 10.0 Å². The van der Waals surface area contributed by atoms with Crippen LogP contribution in [0.1, 0.15) is 37.7 Å². The Morgan fingerprint density at radius 3 is 2.95 bits per heavy atom. The van der Waals surface area contributed by atoms with Gasteiger partial charge in [0.25, 0.3) is 10.0 Å². The van der Waals surface area contributed by atoms with Crippen molar-refractivity contribution in [2.24, 2.45) is 0 Å². The van der Waals surface area contributed by atoms with E-state index in [4.69, 9.17) is 0 Å². The molecule has 1 unspecified atom stereocenters. The molecule has 0 fully saturated rings. The zero-order valence-corrected chi connectivity index (χ0v) is 13.5. The van der Waals surface area contributed by atoms with E-state index in [2.05, 4.69) is 37.6 Å². The molecule has 0 bridgehead atoms. The first-order chi connectivity index (χ1) is 10.0. The Balaban J connectivity index is 2.02. The van der Waals surface area contributed by atoms with Crippen molar-refractivity contribution in [1.29, 1.82) is 0 Å². The van der Waals surface area contributed by atoms with Gasteiger partial charge in [0, 0.05) is 6.54 Å². The van der Waals surface area contributed by atoms with Gasteiger partial charge in [0.15, 0.2) is 5.82 Å². The number of hydrogen-bond acceptors (Lipinski definition) is 7. The van der Waals surface area contributed by atoms with Gasteiger partial charge in [0.1, 0.15) is 4.21 Å². The molecule has 2 rings (SSSR count). The SMILES string of the molecule is CCCNCc1csc(S(=O)(=O)NC(C)c2nn[nH]n2)c1. The Hall–Kier alpha value is -1.36. The number of rotatable bonds is 8. The van der Waals surface area contributed by atoms with Crippen molar-refractivity contribution in [3.8, 4) is 0 Å². The van der Waals surface area contributed by atoms with Crippen molar-refractivity contribution in [1.82, 2.24) is 30.7 Å². The maximum atomic E-state index is 12.3. The molecule has 0 aliphatic heterocycles. The van der Waals surface area contributed by atoms with E-state index >= 15 is 0 Å².